The van der Waals surface area contributed by atoms with E-state index < -0.39 is 5.91 Å². The number of benzene rings is 2. The molecule has 0 radical (unpaired) electrons. The van der Waals surface area contributed by atoms with Crippen LogP contribution in [0.25, 0.3) is 0 Å². The third-order valence-corrected chi connectivity index (χ3v) is 4.04. The van der Waals surface area contributed by atoms with Crippen LogP contribution in [0.4, 0.5) is 0 Å². The number of hydrogen-bond acceptors (Lipinski definition) is 4. The van der Waals surface area contributed by atoms with Gasteiger partial charge >= 0.3 is 0 Å². The number of amides is 2. The van der Waals surface area contributed by atoms with Crippen molar-refractivity contribution < 1.29 is 19.1 Å². The van der Waals surface area contributed by atoms with Gasteiger partial charge in [-0.2, -0.15) is 0 Å². The maximum Gasteiger partial charge on any atom is 0.258 e. The highest BCUT2D eigenvalue weighted by atomic mass is 35.5. The molecule has 0 aliphatic carbocycles. The Morgan fingerprint density at radius 3 is 2.84 bits per heavy atom. The van der Waals surface area contributed by atoms with Crippen LogP contribution in [0.1, 0.15) is 15.9 Å². The van der Waals surface area contributed by atoms with E-state index in [1.807, 2.05) is 24.3 Å². The van der Waals surface area contributed by atoms with Crippen molar-refractivity contribution in [3.63, 3.8) is 0 Å². The summed E-state index contributed by atoms with van der Waals surface area (Å²) in [5.41, 5.74) is 6.58. The zero-order valence-corrected chi connectivity index (χ0v) is 14.1. The number of halogens is 1. The number of para-hydroxylation sites is 1. The molecule has 7 heteroatoms. The van der Waals surface area contributed by atoms with Crippen molar-refractivity contribution in [2.75, 3.05) is 13.2 Å². The maximum absolute atomic E-state index is 12.0. The van der Waals surface area contributed by atoms with Gasteiger partial charge in [0.2, 0.25) is 0 Å². The standard InChI is InChI=1S/C18H17ClN2O4/c19-12-5-6-14(18(20)23)16(8-12)24-10-17(22)21-9-13-7-11-3-1-2-4-15(11)25-13/h1-6,8,13H,7,9-10H2,(H2,20,23)(H,21,22). The van der Waals surface area contributed by atoms with Crippen LogP contribution >= 0.6 is 11.6 Å². The van der Waals surface area contributed by atoms with Crippen molar-refractivity contribution in [3.05, 3.63) is 58.6 Å². The first-order valence-electron chi connectivity index (χ1n) is 7.76. The summed E-state index contributed by atoms with van der Waals surface area (Å²) in [5, 5.41) is 3.14. The second kappa shape index (κ2) is 7.44. The zero-order chi connectivity index (χ0) is 17.8. The van der Waals surface area contributed by atoms with E-state index >= 15 is 0 Å². The lowest BCUT2D eigenvalue weighted by Gasteiger charge is -2.13. The molecule has 1 atom stereocenters. The summed E-state index contributed by atoms with van der Waals surface area (Å²) in [6.45, 7) is 0.120. The molecule has 1 aliphatic rings. The Morgan fingerprint density at radius 2 is 2.08 bits per heavy atom. The first-order chi connectivity index (χ1) is 12.0. The molecule has 3 N–H and O–H groups in total. The molecular formula is C18H17ClN2O4. The number of nitrogens with one attached hydrogen (secondary N) is 1. The molecule has 2 aromatic carbocycles. The normalized spacial score (nSPS) is 15.2. The van der Waals surface area contributed by atoms with E-state index in [1.165, 1.54) is 18.2 Å². The summed E-state index contributed by atoms with van der Waals surface area (Å²) in [7, 11) is 0. The van der Waals surface area contributed by atoms with Crippen LogP contribution in [0.5, 0.6) is 11.5 Å². The molecule has 1 heterocycles. The van der Waals surface area contributed by atoms with Gasteiger partial charge in [-0.15, -0.1) is 0 Å². The predicted molar refractivity (Wildman–Crippen MR) is 93.0 cm³/mol. The average Bonchev–Trinajstić information content (AvgIpc) is 3.01. The van der Waals surface area contributed by atoms with Gasteiger partial charge in [-0.05, 0) is 29.8 Å². The fourth-order valence-electron chi connectivity index (χ4n) is 2.61. The fourth-order valence-corrected chi connectivity index (χ4v) is 2.77. The average molecular weight is 361 g/mol. The molecule has 3 rings (SSSR count). The van der Waals surface area contributed by atoms with Crippen molar-refractivity contribution in [1.82, 2.24) is 5.32 Å². The minimum Gasteiger partial charge on any atom is -0.488 e. The molecule has 1 aliphatic heterocycles. The smallest absolute Gasteiger partial charge is 0.258 e. The number of carbonyl (C=O) groups is 2. The summed E-state index contributed by atoms with van der Waals surface area (Å²) < 4.78 is 11.1. The molecule has 0 saturated carbocycles. The van der Waals surface area contributed by atoms with E-state index in [0.717, 1.165) is 17.7 Å². The van der Waals surface area contributed by atoms with E-state index in [1.54, 1.807) is 0 Å². The monoisotopic (exact) mass is 360 g/mol. The van der Waals surface area contributed by atoms with Crippen molar-refractivity contribution in [2.24, 2.45) is 5.73 Å². The quantitative estimate of drug-likeness (QED) is 0.823. The molecule has 2 amide bonds. The summed E-state index contributed by atoms with van der Waals surface area (Å²) >= 11 is 5.88. The summed E-state index contributed by atoms with van der Waals surface area (Å²) in [6.07, 6.45) is 0.644. The minimum absolute atomic E-state index is 0.103. The number of nitrogens with two attached hydrogens (primary N) is 1. The van der Waals surface area contributed by atoms with Crippen molar-refractivity contribution in [3.8, 4) is 11.5 Å². The van der Waals surface area contributed by atoms with Gasteiger partial charge in [0.15, 0.2) is 6.61 Å². The lowest BCUT2D eigenvalue weighted by atomic mass is 10.1. The lowest BCUT2D eigenvalue weighted by Crippen LogP contribution is -2.37. The molecule has 1 unspecified atom stereocenters. The van der Waals surface area contributed by atoms with Crippen LogP contribution in [0, 0.1) is 0 Å². The molecular weight excluding hydrogens is 344 g/mol. The summed E-state index contributed by atoms with van der Waals surface area (Å²) in [6, 6.07) is 12.2. The largest absolute Gasteiger partial charge is 0.488 e. The van der Waals surface area contributed by atoms with E-state index in [0.29, 0.717) is 11.6 Å². The van der Waals surface area contributed by atoms with Crippen LogP contribution < -0.4 is 20.5 Å². The number of fused-ring (bicyclic) bond motifs is 1. The molecule has 6 nitrogen and oxygen atoms in total. The first-order valence-corrected chi connectivity index (χ1v) is 8.14. The Labute approximate surface area is 149 Å². The fraction of sp³-hybridized carbons (Fsp3) is 0.222. The number of carbonyl (C=O) groups excluding carboxylic acids is 2. The highest BCUT2D eigenvalue weighted by Crippen LogP contribution is 2.27. The first kappa shape index (κ1) is 17.1. The van der Waals surface area contributed by atoms with Crippen molar-refractivity contribution >= 4 is 23.4 Å². The highest BCUT2D eigenvalue weighted by molar-refractivity contribution is 6.30. The number of ether oxygens (including phenoxy) is 2. The van der Waals surface area contributed by atoms with Crippen molar-refractivity contribution in [2.45, 2.75) is 12.5 Å². The number of rotatable bonds is 6. The summed E-state index contributed by atoms with van der Waals surface area (Å²) in [5.74, 6) is 0.0573. The molecule has 130 valence electrons. The third kappa shape index (κ3) is 4.22. The van der Waals surface area contributed by atoms with E-state index in [4.69, 9.17) is 26.8 Å². The van der Waals surface area contributed by atoms with Crippen LogP contribution in [0.2, 0.25) is 5.02 Å². The molecule has 0 spiro atoms. The van der Waals surface area contributed by atoms with Crippen LogP contribution in [0.15, 0.2) is 42.5 Å². The number of primary amides is 1. The Balaban J connectivity index is 1.50. The molecule has 0 aromatic heterocycles. The summed E-state index contributed by atoms with van der Waals surface area (Å²) in [4.78, 5) is 23.3. The zero-order valence-electron chi connectivity index (χ0n) is 13.3. The van der Waals surface area contributed by atoms with Gasteiger partial charge in [-0.3, -0.25) is 9.59 Å². The van der Waals surface area contributed by atoms with Crippen LogP contribution in [0.3, 0.4) is 0 Å². The molecule has 0 fully saturated rings. The second-order valence-electron chi connectivity index (χ2n) is 5.65. The molecule has 2 aromatic rings. The van der Waals surface area contributed by atoms with Gasteiger partial charge in [0, 0.05) is 11.4 Å². The van der Waals surface area contributed by atoms with E-state index in [2.05, 4.69) is 5.32 Å². The molecule has 25 heavy (non-hydrogen) atoms. The van der Waals surface area contributed by atoms with E-state index in [-0.39, 0.29) is 29.9 Å². The van der Waals surface area contributed by atoms with Gasteiger partial charge in [0.1, 0.15) is 17.6 Å². The number of hydrogen-bond donors (Lipinski definition) is 2. The Morgan fingerprint density at radius 1 is 1.28 bits per heavy atom. The Kier molecular flexibility index (Phi) is 5.09. The van der Waals surface area contributed by atoms with Gasteiger partial charge < -0.3 is 20.5 Å². The van der Waals surface area contributed by atoms with Gasteiger partial charge in [0.05, 0.1) is 12.1 Å². The maximum atomic E-state index is 12.0. The second-order valence-corrected chi connectivity index (χ2v) is 6.09. The van der Waals surface area contributed by atoms with Gasteiger partial charge in [0.25, 0.3) is 11.8 Å². The van der Waals surface area contributed by atoms with Crippen molar-refractivity contribution in [1.29, 1.82) is 0 Å². The molecule has 0 saturated heterocycles. The minimum atomic E-state index is -0.649. The topological polar surface area (TPSA) is 90.7 Å². The van der Waals surface area contributed by atoms with Gasteiger partial charge in [-0.25, -0.2) is 0 Å². The SMILES string of the molecule is NC(=O)c1ccc(Cl)cc1OCC(=O)NCC1Cc2ccccc2O1. The van der Waals surface area contributed by atoms with Crippen LogP contribution in [-0.4, -0.2) is 31.1 Å². The highest BCUT2D eigenvalue weighted by Gasteiger charge is 2.22. The van der Waals surface area contributed by atoms with Gasteiger partial charge in [-0.1, -0.05) is 29.8 Å². The molecule has 0 bridgehead atoms. The predicted octanol–water partition coefficient (Wildman–Crippen LogP) is 1.94. The van der Waals surface area contributed by atoms with E-state index in [9.17, 15) is 9.59 Å². The van der Waals surface area contributed by atoms with Crippen LogP contribution in [-0.2, 0) is 11.2 Å². The third-order valence-electron chi connectivity index (χ3n) is 3.81. The lowest BCUT2D eigenvalue weighted by molar-refractivity contribution is -0.123. The Hall–Kier alpha value is -2.73. The Bertz CT molecular complexity index is 784.